The summed E-state index contributed by atoms with van der Waals surface area (Å²) in [6, 6.07) is 5.43. The van der Waals surface area contributed by atoms with E-state index < -0.39 is 5.41 Å². The van der Waals surface area contributed by atoms with Crippen molar-refractivity contribution in [1.29, 1.82) is 0 Å². The molecule has 0 unspecified atom stereocenters. The third-order valence-corrected chi connectivity index (χ3v) is 4.63. The number of rotatable bonds is 3. The SMILES string of the molecule is [N-]=[N+]=NC1CC2(C1)C(=O)N(CCO)Cc1ccc(Cl)cc12. The van der Waals surface area contributed by atoms with Crippen molar-refractivity contribution >= 4 is 17.5 Å². The molecule has 21 heavy (non-hydrogen) atoms. The molecule has 1 aromatic rings. The lowest BCUT2D eigenvalue weighted by atomic mass is 9.58. The zero-order chi connectivity index (χ0) is 15.0. The van der Waals surface area contributed by atoms with Crippen molar-refractivity contribution in [2.75, 3.05) is 13.2 Å². The molecular weight excluding hydrogens is 292 g/mol. The standard InChI is InChI=1S/C14H15ClN4O2/c15-10-2-1-9-8-19(3-4-20)13(21)14(12(9)5-10)6-11(7-14)17-18-16/h1-2,5,11,20H,3-4,6-8H2. The van der Waals surface area contributed by atoms with Crippen molar-refractivity contribution in [1.82, 2.24) is 4.90 Å². The molecule has 1 N–H and O–H groups in total. The maximum Gasteiger partial charge on any atom is 0.233 e. The zero-order valence-electron chi connectivity index (χ0n) is 11.4. The first kappa shape index (κ1) is 14.2. The van der Waals surface area contributed by atoms with Crippen molar-refractivity contribution in [2.45, 2.75) is 30.8 Å². The van der Waals surface area contributed by atoms with Gasteiger partial charge < -0.3 is 10.0 Å². The smallest absolute Gasteiger partial charge is 0.233 e. The Kier molecular flexibility index (Phi) is 3.53. The number of carbonyl (C=O) groups is 1. The van der Waals surface area contributed by atoms with Crippen LogP contribution in [0.3, 0.4) is 0 Å². The summed E-state index contributed by atoms with van der Waals surface area (Å²) < 4.78 is 0. The van der Waals surface area contributed by atoms with E-state index in [0.717, 1.165) is 11.1 Å². The van der Waals surface area contributed by atoms with Gasteiger partial charge >= 0.3 is 0 Å². The Morgan fingerprint density at radius 1 is 1.52 bits per heavy atom. The summed E-state index contributed by atoms with van der Waals surface area (Å²) in [5.41, 5.74) is 9.88. The van der Waals surface area contributed by atoms with Gasteiger partial charge in [-0.3, -0.25) is 4.79 Å². The fraction of sp³-hybridized carbons (Fsp3) is 0.500. The van der Waals surface area contributed by atoms with Crippen molar-refractivity contribution in [3.8, 4) is 0 Å². The minimum Gasteiger partial charge on any atom is -0.395 e. The highest BCUT2D eigenvalue weighted by Crippen LogP contribution is 2.50. The highest BCUT2D eigenvalue weighted by atomic mass is 35.5. The van der Waals surface area contributed by atoms with E-state index in [2.05, 4.69) is 10.0 Å². The number of amides is 1. The summed E-state index contributed by atoms with van der Waals surface area (Å²) in [6.07, 6.45) is 1.01. The molecule has 0 saturated heterocycles. The van der Waals surface area contributed by atoms with Gasteiger partial charge in [-0.2, -0.15) is 0 Å². The van der Waals surface area contributed by atoms with Gasteiger partial charge in [-0.1, -0.05) is 22.8 Å². The fourth-order valence-corrected chi connectivity index (χ4v) is 3.59. The van der Waals surface area contributed by atoms with Gasteiger partial charge in [-0.05, 0) is 41.6 Å². The number of azide groups is 1. The van der Waals surface area contributed by atoms with Crippen LogP contribution < -0.4 is 0 Å². The van der Waals surface area contributed by atoms with Gasteiger partial charge in [0.1, 0.15) is 0 Å². The number of aliphatic hydroxyl groups excluding tert-OH is 1. The molecule has 3 rings (SSSR count). The third kappa shape index (κ3) is 2.16. The Hall–Kier alpha value is -1.75. The highest BCUT2D eigenvalue weighted by molar-refractivity contribution is 6.30. The molecule has 1 aliphatic heterocycles. The van der Waals surface area contributed by atoms with Crippen molar-refractivity contribution in [3.63, 3.8) is 0 Å². The van der Waals surface area contributed by atoms with Crippen LogP contribution in [0.25, 0.3) is 10.4 Å². The van der Waals surface area contributed by atoms with Gasteiger partial charge in [0.15, 0.2) is 0 Å². The van der Waals surface area contributed by atoms with Crippen molar-refractivity contribution < 1.29 is 9.90 Å². The molecule has 1 heterocycles. The minimum absolute atomic E-state index is 0.00398. The second-order valence-corrected chi connectivity index (χ2v) is 6.04. The van der Waals surface area contributed by atoms with Crippen molar-refractivity contribution in [3.05, 3.63) is 44.8 Å². The van der Waals surface area contributed by atoms with E-state index in [9.17, 15) is 4.79 Å². The quantitative estimate of drug-likeness (QED) is 0.528. The van der Waals surface area contributed by atoms with Crippen LogP contribution in [0, 0.1) is 0 Å². The van der Waals surface area contributed by atoms with Crippen LogP contribution in [0.4, 0.5) is 0 Å². The molecule has 1 spiro atoms. The van der Waals surface area contributed by atoms with Crippen LogP contribution in [-0.4, -0.2) is 35.1 Å². The van der Waals surface area contributed by atoms with Crippen LogP contribution in [0.5, 0.6) is 0 Å². The number of aliphatic hydroxyl groups is 1. The normalized spacial score (nSPS) is 27.0. The predicted octanol–water partition coefficient (Wildman–Crippen LogP) is 2.39. The van der Waals surface area contributed by atoms with E-state index in [1.165, 1.54) is 0 Å². The number of benzene rings is 1. The number of carbonyl (C=O) groups excluding carboxylic acids is 1. The fourth-order valence-electron chi connectivity index (χ4n) is 3.42. The van der Waals surface area contributed by atoms with E-state index in [-0.39, 0.29) is 18.6 Å². The maximum absolute atomic E-state index is 12.8. The van der Waals surface area contributed by atoms with Gasteiger partial charge in [0, 0.05) is 29.1 Å². The summed E-state index contributed by atoms with van der Waals surface area (Å²) in [5, 5.41) is 13.5. The summed E-state index contributed by atoms with van der Waals surface area (Å²) in [5.74, 6) is -0.00398. The van der Waals surface area contributed by atoms with Crippen LogP contribution in [-0.2, 0) is 16.8 Å². The first-order valence-electron chi connectivity index (χ1n) is 6.84. The second kappa shape index (κ2) is 5.22. The van der Waals surface area contributed by atoms with Gasteiger partial charge in [-0.25, -0.2) is 0 Å². The molecule has 1 aliphatic carbocycles. The molecule has 1 saturated carbocycles. The molecular formula is C14H15ClN4O2. The minimum atomic E-state index is -0.646. The van der Waals surface area contributed by atoms with Crippen LogP contribution in [0.15, 0.2) is 23.3 Å². The number of fused-ring (bicyclic) bond motifs is 2. The van der Waals surface area contributed by atoms with Crippen LogP contribution in [0.2, 0.25) is 5.02 Å². The molecule has 0 atom stereocenters. The topological polar surface area (TPSA) is 89.3 Å². The lowest BCUT2D eigenvalue weighted by Crippen LogP contribution is -2.59. The number of β-amino-alcohol motifs (C(OH)–C–C–N with tert-alkyl or cyclic N) is 1. The Labute approximate surface area is 126 Å². The molecule has 1 fully saturated rings. The van der Waals surface area contributed by atoms with E-state index >= 15 is 0 Å². The summed E-state index contributed by atoms with van der Waals surface area (Å²) in [7, 11) is 0. The molecule has 2 aliphatic rings. The van der Waals surface area contributed by atoms with E-state index in [0.29, 0.717) is 31.0 Å². The van der Waals surface area contributed by atoms with Gasteiger partial charge in [0.25, 0.3) is 0 Å². The Morgan fingerprint density at radius 2 is 2.29 bits per heavy atom. The summed E-state index contributed by atoms with van der Waals surface area (Å²) in [6.45, 7) is 0.735. The average molecular weight is 307 g/mol. The Morgan fingerprint density at radius 3 is 2.95 bits per heavy atom. The molecule has 1 amide bonds. The highest BCUT2D eigenvalue weighted by Gasteiger charge is 2.55. The van der Waals surface area contributed by atoms with Gasteiger partial charge in [0.05, 0.1) is 12.0 Å². The molecule has 0 radical (unpaired) electrons. The van der Waals surface area contributed by atoms with Gasteiger partial charge in [0.2, 0.25) is 5.91 Å². The van der Waals surface area contributed by atoms with E-state index in [1.807, 2.05) is 18.2 Å². The monoisotopic (exact) mass is 306 g/mol. The molecule has 7 heteroatoms. The molecule has 0 bridgehead atoms. The number of nitrogens with zero attached hydrogens (tertiary/aromatic N) is 4. The van der Waals surface area contributed by atoms with Crippen molar-refractivity contribution in [2.24, 2.45) is 5.11 Å². The average Bonchev–Trinajstić information content (AvgIpc) is 2.42. The lowest BCUT2D eigenvalue weighted by molar-refractivity contribution is -0.144. The van der Waals surface area contributed by atoms with Crippen LogP contribution in [0.1, 0.15) is 24.0 Å². The third-order valence-electron chi connectivity index (χ3n) is 4.40. The predicted molar refractivity (Wildman–Crippen MR) is 77.8 cm³/mol. The second-order valence-electron chi connectivity index (χ2n) is 5.60. The number of hydrogen-bond donors (Lipinski definition) is 1. The summed E-state index contributed by atoms with van der Waals surface area (Å²) in [4.78, 5) is 17.3. The van der Waals surface area contributed by atoms with Crippen LogP contribution >= 0.6 is 11.6 Å². The first-order chi connectivity index (χ1) is 10.1. The number of halogens is 1. The lowest BCUT2D eigenvalue weighted by Gasteiger charge is -2.51. The Bertz CT molecular complexity index is 636. The summed E-state index contributed by atoms with van der Waals surface area (Å²) >= 11 is 6.08. The first-order valence-corrected chi connectivity index (χ1v) is 7.22. The number of hydrogen-bond acceptors (Lipinski definition) is 3. The zero-order valence-corrected chi connectivity index (χ0v) is 12.1. The molecule has 110 valence electrons. The largest absolute Gasteiger partial charge is 0.395 e. The Balaban J connectivity index is 2.02. The van der Waals surface area contributed by atoms with Gasteiger partial charge in [-0.15, -0.1) is 0 Å². The molecule has 1 aromatic carbocycles. The van der Waals surface area contributed by atoms with E-state index in [1.54, 1.807) is 4.90 Å². The molecule has 6 nitrogen and oxygen atoms in total. The maximum atomic E-state index is 12.8. The van der Waals surface area contributed by atoms with E-state index in [4.69, 9.17) is 22.2 Å². The molecule has 0 aromatic heterocycles.